The molecule has 0 fully saturated rings. The lowest BCUT2D eigenvalue weighted by Crippen LogP contribution is -2.56. The lowest BCUT2D eigenvalue weighted by Gasteiger charge is -2.41. The van der Waals surface area contributed by atoms with E-state index in [9.17, 15) is 0 Å². The van der Waals surface area contributed by atoms with E-state index in [0.717, 1.165) is 24.2 Å². The number of hydrogen-bond acceptors (Lipinski definition) is 4. The molecule has 0 bridgehead atoms. The van der Waals surface area contributed by atoms with Gasteiger partial charge in [-0.15, -0.1) is 0 Å². The highest BCUT2D eigenvalue weighted by Crippen LogP contribution is 2.21. The number of nitrogens with two attached hydrogens (primary N) is 1. The summed E-state index contributed by atoms with van der Waals surface area (Å²) in [5.74, 6) is 0. The van der Waals surface area contributed by atoms with Crippen molar-refractivity contribution < 1.29 is 0 Å². The number of hydrogen-bond donors (Lipinski definition) is 2. The van der Waals surface area contributed by atoms with Gasteiger partial charge in [0.05, 0.1) is 0 Å². The fraction of sp³-hybridized carbons (Fsp3) is 0.643. The molecule has 0 aliphatic heterocycles. The van der Waals surface area contributed by atoms with Gasteiger partial charge in [-0.3, -0.25) is 4.98 Å². The molecule has 1 aromatic rings. The van der Waals surface area contributed by atoms with Crippen molar-refractivity contribution in [2.24, 2.45) is 0 Å². The average molecular weight is 250 g/mol. The van der Waals surface area contributed by atoms with E-state index in [0.29, 0.717) is 6.04 Å². The highest BCUT2D eigenvalue weighted by Gasteiger charge is 2.31. The van der Waals surface area contributed by atoms with E-state index in [1.165, 1.54) is 0 Å². The van der Waals surface area contributed by atoms with Crippen molar-refractivity contribution in [3.05, 3.63) is 24.0 Å². The zero-order chi connectivity index (χ0) is 13.8. The minimum Gasteiger partial charge on any atom is -0.398 e. The van der Waals surface area contributed by atoms with E-state index in [-0.39, 0.29) is 5.54 Å². The highest BCUT2D eigenvalue weighted by atomic mass is 15.2. The summed E-state index contributed by atoms with van der Waals surface area (Å²) in [7, 11) is 4.22. The molecule has 4 heteroatoms. The second kappa shape index (κ2) is 6.16. The van der Waals surface area contributed by atoms with E-state index in [2.05, 4.69) is 50.1 Å². The van der Waals surface area contributed by atoms with Gasteiger partial charge in [0, 0.05) is 29.7 Å². The summed E-state index contributed by atoms with van der Waals surface area (Å²) in [6.07, 6.45) is 4.49. The average Bonchev–Trinajstić information content (AvgIpc) is 2.31. The lowest BCUT2D eigenvalue weighted by atomic mass is 9.88. The van der Waals surface area contributed by atoms with Crippen molar-refractivity contribution in [2.45, 2.75) is 38.8 Å². The third kappa shape index (κ3) is 3.43. The molecule has 0 radical (unpaired) electrons. The summed E-state index contributed by atoms with van der Waals surface area (Å²) in [5.41, 5.74) is 7.99. The van der Waals surface area contributed by atoms with Gasteiger partial charge in [0.15, 0.2) is 0 Å². The Bertz CT molecular complexity index is 374. The summed E-state index contributed by atoms with van der Waals surface area (Å²) in [6, 6.07) is 2.20. The van der Waals surface area contributed by atoms with Crippen LogP contribution in [0.2, 0.25) is 0 Å². The summed E-state index contributed by atoms with van der Waals surface area (Å²) in [6.45, 7) is 7.56. The van der Waals surface area contributed by atoms with Gasteiger partial charge in [0.1, 0.15) is 0 Å². The van der Waals surface area contributed by atoms with E-state index in [1.807, 2.05) is 12.3 Å². The van der Waals surface area contributed by atoms with Gasteiger partial charge in [-0.2, -0.15) is 0 Å². The number of pyridine rings is 1. The number of nitrogen functional groups attached to an aromatic ring is 1. The fourth-order valence-electron chi connectivity index (χ4n) is 1.96. The van der Waals surface area contributed by atoms with Gasteiger partial charge in [-0.05, 0) is 52.5 Å². The first-order valence-corrected chi connectivity index (χ1v) is 6.48. The van der Waals surface area contributed by atoms with Crippen molar-refractivity contribution >= 4 is 5.69 Å². The van der Waals surface area contributed by atoms with Crippen LogP contribution in [0, 0.1) is 0 Å². The molecule has 0 aliphatic carbocycles. The van der Waals surface area contributed by atoms with Gasteiger partial charge in [-0.25, -0.2) is 0 Å². The molecule has 1 heterocycles. The topological polar surface area (TPSA) is 54.2 Å². The van der Waals surface area contributed by atoms with Gasteiger partial charge < -0.3 is 16.0 Å². The van der Waals surface area contributed by atoms with Gasteiger partial charge >= 0.3 is 0 Å². The minimum absolute atomic E-state index is 0.0539. The Morgan fingerprint density at radius 3 is 2.61 bits per heavy atom. The largest absolute Gasteiger partial charge is 0.398 e. The predicted molar refractivity (Wildman–Crippen MR) is 77.6 cm³/mol. The first-order valence-electron chi connectivity index (χ1n) is 6.48. The number of anilines is 1. The Kier molecular flexibility index (Phi) is 5.11. The second-order valence-electron chi connectivity index (χ2n) is 5.44. The highest BCUT2D eigenvalue weighted by molar-refractivity contribution is 5.44. The van der Waals surface area contributed by atoms with E-state index in [1.54, 1.807) is 6.20 Å². The van der Waals surface area contributed by atoms with Crippen molar-refractivity contribution in [2.75, 3.05) is 26.4 Å². The molecular weight excluding hydrogens is 224 g/mol. The molecule has 1 unspecified atom stereocenters. The van der Waals surface area contributed by atoms with E-state index in [4.69, 9.17) is 5.73 Å². The molecule has 0 spiro atoms. The third-order valence-electron chi connectivity index (χ3n) is 3.82. The molecule has 0 saturated carbocycles. The Hall–Kier alpha value is -1.13. The van der Waals surface area contributed by atoms with Gasteiger partial charge in [0.25, 0.3) is 0 Å². The standard InChI is InChI=1S/C14H26N4/c1-6-17-13(14(2,3)18(4)5)9-11-10-16-8-7-12(11)15/h7-8,10,13,17H,6,9H2,1-5H3,(H2,15,16). The monoisotopic (exact) mass is 250 g/mol. The maximum Gasteiger partial charge on any atom is 0.0378 e. The Morgan fingerprint density at radius 2 is 2.11 bits per heavy atom. The van der Waals surface area contributed by atoms with Gasteiger partial charge in [-0.1, -0.05) is 6.92 Å². The smallest absolute Gasteiger partial charge is 0.0378 e. The van der Waals surface area contributed by atoms with Gasteiger partial charge in [0.2, 0.25) is 0 Å². The molecular formula is C14H26N4. The van der Waals surface area contributed by atoms with Crippen molar-refractivity contribution in [1.29, 1.82) is 0 Å². The number of rotatable bonds is 6. The normalized spacial score (nSPS) is 13.9. The second-order valence-corrected chi connectivity index (χ2v) is 5.44. The SMILES string of the molecule is CCNC(Cc1cnccc1N)C(C)(C)N(C)C. The number of likely N-dealkylation sites (N-methyl/N-ethyl adjacent to an activating group) is 2. The van der Waals surface area contributed by atoms with Crippen LogP contribution < -0.4 is 11.1 Å². The first kappa shape index (κ1) is 14.9. The number of nitrogens with zero attached hydrogens (tertiary/aromatic N) is 2. The van der Waals surface area contributed by atoms with Crippen LogP contribution in [0.25, 0.3) is 0 Å². The summed E-state index contributed by atoms with van der Waals surface area (Å²) in [4.78, 5) is 6.41. The van der Waals surface area contributed by atoms with Crippen LogP contribution in [0.15, 0.2) is 18.5 Å². The van der Waals surface area contributed by atoms with Crippen LogP contribution in [0.3, 0.4) is 0 Å². The predicted octanol–water partition coefficient (Wildman–Crippen LogP) is 1.52. The molecule has 1 atom stereocenters. The first-order chi connectivity index (χ1) is 8.39. The molecule has 102 valence electrons. The van der Waals surface area contributed by atoms with E-state index >= 15 is 0 Å². The summed E-state index contributed by atoms with van der Waals surface area (Å²) < 4.78 is 0. The Labute approximate surface area is 111 Å². The maximum absolute atomic E-state index is 6.00. The van der Waals surface area contributed by atoms with Crippen LogP contribution in [-0.4, -0.2) is 42.1 Å². The van der Waals surface area contributed by atoms with Crippen LogP contribution in [0.4, 0.5) is 5.69 Å². The molecule has 0 amide bonds. The van der Waals surface area contributed by atoms with Crippen molar-refractivity contribution in [1.82, 2.24) is 15.2 Å². The maximum atomic E-state index is 6.00. The Morgan fingerprint density at radius 1 is 1.44 bits per heavy atom. The molecule has 18 heavy (non-hydrogen) atoms. The summed E-state index contributed by atoms with van der Waals surface area (Å²) in [5, 5.41) is 3.55. The molecule has 4 nitrogen and oxygen atoms in total. The van der Waals surface area contributed by atoms with Crippen molar-refractivity contribution in [3.8, 4) is 0 Å². The molecule has 1 rings (SSSR count). The summed E-state index contributed by atoms with van der Waals surface area (Å²) >= 11 is 0. The van der Waals surface area contributed by atoms with E-state index < -0.39 is 0 Å². The lowest BCUT2D eigenvalue weighted by molar-refractivity contribution is 0.138. The number of aromatic nitrogens is 1. The molecule has 0 aliphatic rings. The minimum atomic E-state index is 0.0539. The fourth-order valence-corrected chi connectivity index (χ4v) is 1.96. The van der Waals surface area contributed by atoms with Crippen LogP contribution >= 0.6 is 0 Å². The molecule has 0 aromatic carbocycles. The third-order valence-corrected chi connectivity index (χ3v) is 3.82. The van der Waals surface area contributed by atoms with Crippen LogP contribution in [0.1, 0.15) is 26.3 Å². The van der Waals surface area contributed by atoms with Crippen molar-refractivity contribution in [3.63, 3.8) is 0 Å². The van der Waals surface area contributed by atoms with Crippen LogP contribution in [-0.2, 0) is 6.42 Å². The Balaban J connectivity index is 2.91. The quantitative estimate of drug-likeness (QED) is 0.804. The zero-order valence-corrected chi connectivity index (χ0v) is 12.2. The molecule has 1 aromatic heterocycles. The molecule has 0 saturated heterocycles. The van der Waals surface area contributed by atoms with Crippen LogP contribution in [0.5, 0.6) is 0 Å². The number of nitrogens with one attached hydrogen (secondary N) is 1. The molecule has 3 N–H and O–H groups in total. The zero-order valence-electron chi connectivity index (χ0n) is 12.2.